The zero-order valence-corrected chi connectivity index (χ0v) is 11.3. The molecule has 0 aromatic heterocycles. The van der Waals surface area contributed by atoms with Gasteiger partial charge in [-0.2, -0.15) is 0 Å². The summed E-state index contributed by atoms with van der Waals surface area (Å²) in [7, 11) is 0. The number of hydrogen-bond acceptors (Lipinski definition) is 2. The molecule has 1 aliphatic rings. The van der Waals surface area contributed by atoms with Crippen LogP contribution in [0.2, 0.25) is 0 Å². The smallest absolute Gasteiger partial charge is 0.169 e. The Hall–Kier alpha value is -1.44. The van der Waals surface area contributed by atoms with Crippen LogP contribution in [0.5, 0.6) is 0 Å². The van der Waals surface area contributed by atoms with Gasteiger partial charge in [0.15, 0.2) is 5.78 Å². The van der Waals surface area contributed by atoms with Gasteiger partial charge in [-0.25, -0.2) is 0 Å². The Balaban J connectivity index is 2.31. The van der Waals surface area contributed by atoms with Crippen molar-refractivity contribution in [2.24, 2.45) is 10.8 Å². The van der Waals surface area contributed by atoms with E-state index < -0.39 is 5.41 Å². The van der Waals surface area contributed by atoms with E-state index in [1.165, 1.54) is 0 Å². The molecular formula is C16H20O2. The van der Waals surface area contributed by atoms with Crippen LogP contribution in [0.4, 0.5) is 0 Å². The fraction of sp³-hybridized carbons (Fsp3) is 0.500. The lowest BCUT2D eigenvalue weighted by Crippen LogP contribution is -2.41. The van der Waals surface area contributed by atoms with Crippen LogP contribution in [-0.2, 0) is 4.79 Å². The van der Waals surface area contributed by atoms with Crippen molar-refractivity contribution in [3.63, 3.8) is 0 Å². The van der Waals surface area contributed by atoms with E-state index in [1.54, 1.807) is 0 Å². The third-order valence-corrected chi connectivity index (χ3v) is 3.72. The van der Waals surface area contributed by atoms with Gasteiger partial charge < -0.3 is 0 Å². The first-order chi connectivity index (χ1) is 8.32. The molecule has 1 aliphatic carbocycles. The summed E-state index contributed by atoms with van der Waals surface area (Å²) >= 11 is 0. The van der Waals surface area contributed by atoms with Crippen molar-refractivity contribution in [3.8, 4) is 0 Å². The first-order valence-electron chi connectivity index (χ1n) is 6.44. The van der Waals surface area contributed by atoms with Gasteiger partial charge in [-0.15, -0.1) is 0 Å². The molecule has 0 spiro atoms. The van der Waals surface area contributed by atoms with Crippen LogP contribution in [0.15, 0.2) is 30.3 Å². The Morgan fingerprint density at radius 2 is 1.67 bits per heavy atom. The molecule has 1 atom stereocenters. The standard InChI is InChI=1S/C16H20O2/c1-15(2)9-13(17)10-16(3,11-15)14(18)12-7-5-4-6-8-12/h4-8H,9-11H2,1-3H3. The second kappa shape index (κ2) is 4.34. The summed E-state index contributed by atoms with van der Waals surface area (Å²) < 4.78 is 0. The third-order valence-electron chi connectivity index (χ3n) is 3.72. The van der Waals surface area contributed by atoms with Gasteiger partial charge in [0, 0.05) is 23.8 Å². The van der Waals surface area contributed by atoms with Crippen LogP contribution in [0, 0.1) is 10.8 Å². The SMILES string of the molecule is CC1(C)CC(=O)CC(C)(C(=O)c2ccccc2)C1. The average Bonchev–Trinajstić information content (AvgIpc) is 2.26. The highest BCUT2D eigenvalue weighted by Gasteiger charge is 2.45. The summed E-state index contributed by atoms with van der Waals surface area (Å²) in [6.45, 7) is 6.07. The van der Waals surface area contributed by atoms with Crippen LogP contribution in [0.3, 0.4) is 0 Å². The maximum atomic E-state index is 12.6. The van der Waals surface area contributed by atoms with E-state index in [1.807, 2.05) is 37.3 Å². The summed E-state index contributed by atoms with van der Waals surface area (Å²) in [6, 6.07) is 9.30. The summed E-state index contributed by atoms with van der Waals surface area (Å²) in [5.74, 6) is 0.308. The number of hydrogen-bond donors (Lipinski definition) is 0. The number of Topliss-reactive ketones (excluding diaryl/α,β-unsaturated/α-hetero) is 2. The van der Waals surface area contributed by atoms with Crippen LogP contribution in [-0.4, -0.2) is 11.6 Å². The van der Waals surface area contributed by atoms with Crippen molar-refractivity contribution in [3.05, 3.63) is 35.9 Å². The van der Waals surface area contributed by atoms with Crippen molar-refractivity contribution < 1.29 is 9.59 Å². The normalized spacial score (nSPS) is 26.9. The van der Waals surface area contributed by atoms with Gasteiger partial charge in [-0.1, -0.05) is 51.1 Å². The Labute approximate surface area is 108 Å². The zero-order chi connectivity index (χ0) is 13.4. The molecule has 1 aromatic carbocycles. The summed E-state index contributed by atoms with van der Waals surface area (Å²) in [6.07, 6.45) is 1.74. The Kier molecular flexibility index (Phi) is 3.14. The molecule has 2 rings (SSSR count). The summed E-state index contributed by atoms with van der Waals surface area (Å²) in [5.41, 5.74) is 0.0971. The van der Waals surface area contributed by atoms with Crippen LogP contribution >= 0.6 is 0 Å². The van der Waals surface area contributed by atoms with Crippen LogP contribution in [0.25, 0.3) is 0 Å². The molecule has 2 heteroatoms. The third kappa shape index (κ3) is 2.53. The Bertz CT molecular complexity index is 473. The molecule has 0 heterocycles. The maximum absolute atomic E-state index is 12.6. The van der Waals surface area contributed by atoms with E-state index in [0.717, 1.165) is 6.42 Å². The highest BCUT2D eigenvalue weighted by molar-refractivity contribution is 6.03. The zero-order valence-electron chi connectivity index (χ0n) is 11.3. The fourth-order valence-corrected chi connectivity index (χ4v) is 3.31. The Morgan fingerprint density at radius 3 is 2.22 bits per heavy atom. The lowest BCUT2D eigenvalue weighted by Gasteiger charge is -2.40. The largest absolute Gasteiger partial charge is 0.300 e. The maximum Gasteiger partial charge on any atom is 0.169 e. The van der Waals surface area contributed by atoms with Gasteiger partial charge in [0.2, 0.25) is 0 Å². The van der Waals surface area contributed by atoms with E-state index in [9.17, 15) is 9.59 Å². The van der Waals surface area contributed by atoms with Gasteiger partial charge in [0.05, 0.1) is 0 Å². The van der Waals surface area contributed by atoms with Crippen molar-refractivity contribution in [2.75, 3.05) is 0 Å². The van der Waals surface area contributed by atoms with Crippen molar-refractivity contribution in [2.45, 2.75) is 40.0 Å². The minimum absolute atomic E-state index is 0.0749. The topological polar surface area (TPSA) is 34.1 Å². The van der Waals surface area contributed by atoms with Crippen molar-refractivity contribution in [1.29, 1.82) is 0 Å². The first kappa shape index (κ1) is 13.0. The number of rotatable bonds is 2. The molecule has 1 unspecified atom stereocenters. The Morgan fingerprint density at radius 1 is 1.06 bits per heavy atom. The van der Waals surface area contributed by atoms with E-state index in [2.05, 4.69) is 13.8 Å². The molecule has 96 valence electrons. The van der Waals surface area contributed by atoms with Crippen molar-refractivity contribution in [1.82, 2.24) is 0 Å². The van der Waals surface area contributed by atoms with E-state index in [0.29, 0.717) is 18.4 Å². The van der Waals surface area contributed by atoms with Gasteiger partial charge >= 0.3 is 0 Å². The number of carbonyl (C=O) groups is 2. The van der Waals surface area contributed by atoms with E-state index in [4.69, 9.17) is 0 Å². The van der Waals surface area contributed by atoms with E-state index in [-0.39, 0.29) is 17.0 Å². The molecule has 0 amide bonds. The molecule has 1 fully saturated rings. The number of benzene rings is 1. The minimum Gasteiger partial charge on any atom is -0.300 e. The van der Waals surface area contributed by atoms with Gasteiger partial charge in [0.1, 0.15) is 5.78 Å². The molecule has 0 aliphatic heterocycles. The number of ketones is 2. The van der Waals surface area contributed by atoms with Crippen molar-refractivity contribution >= 4 is 11.6 Å². The summed E-state index contributed by atoms with van der Waals surface area (Å²) in [4.78, 5) is 24.5. The lowest BCUT2D eigenvalue weighted by molar-refractivity contribution is -0.126. The van der Waals surface area contributed by atoms with Gasteiger partial charge in [0.25, 0.3) is 0 Å². The first-order valence-corrected chi connectivity index (χ1v) is 6.44. The molecule has 0 bridgehead atoms. The minimum atomic E-state index is -0.541. The monoisotopic (exact) mass is 244 g/mol. The predicted octanol–water partition coefficient (Wildman–Crippen LogP) is 3.65. The molecule has 18 heavy (non-hydrogen) atoms. The average molecular weight is 244 g/mol. The second-order valence-electron chi connectivity index (χ2n) is 6.49. The fourth-order valence-electron chi connectivity index (χ4n) is 3.31. The van der Waals surface area contributed by atoms with Gasteiger partial charge in [-0.05, 0) is 11.8 Å². The molecule has 0 radical (unpaired) electrons. The molecule has 0 N–H and O–H groups in total. The molecule has 1 saturated carbocycles. The van der Waals surface area contributed by atoms with Gasteiger partial charge in [-0.3, -0.25) is 9.59 Å². The molecular weight excluding hydrogens is 224 g/mol. The molecule has 2 nitrogen and oxygen atoms in total. The lowest BCUT2D eigenvalue weighted by atomic mass is 9.61. The summed E-state index contributed by atoms with van der Waals surface area (Å²) in [5, 5.41) is 0. The predicted molar refractivity (Wildman–Crippen MR) is 71.5 cm³/mol. The van der Waals surface area contributed by atoms with Crippen LogP contribution < -0.4 is 0 Å². The van der Waals surface area contributed by atoms with Crippen LogP contribution in [0.1, 0.15) is 50.4 Å². The highest BCUT2D eigenvalue weighted by atomic mass is 16.1. The number of carbonyl (C=O) groups excluding carboxylic acids is 2. The second-order valence-corrected chi connectivity index (χ2v) is 6.49. The quantitative estimate of drug-likeness (QED) is 0.744. The van der Waals surface area contributed by atoms with E-state index >= 15 is 0 Å². The molecule has 0 saturated heterocycles. The highest BCUT2D eigenvalue weighted by Crippen LogP contribution is 2.46. The molecule has 1 aromatic rings.